The number of rotatable bonds is 10. The number of alkyl halides is 6. The SMILES string of the molecule is CC(C)Oc1ccc(O[B]Oc2ccc(OC(C)C)c(OC(F)(F)F)c2)cc1OC(F)(F)F. The summed E-state index contributed by atoms with van der Waals surface area (Å²) >= 11 is 0. The molecule has 0 spiro atoms. The highest BCUT2D eigenvalue weighted by Gasteiger charge is 2.34. The van der Waals surface area contributed by atoms with Gasteiger partial charge in [0.1, 0.15) is 11.5 Å². The molecule has 0 unspecified atom stereocenters. The molecule has 0 amide bonds. The van der Waals surface area contributed by atoms with E-state index in [2.05, 4.69) is 9.47 Å². The van der Waals surface area contributed by atoms with Gasteiger partial charge < -0.3 is 28.3 Å². The van der Waals surface area contributed by atoms with Crippen LogP contribution in [0, 0.1) is 0 Å². The molecule has 0 saturated heterocycles. The highest BCUT2D eigenvalue weighted by Crippen LogP contribution is 2.37. The molecule has 1 radical (unpaired) electrons. The molecular weight excluding hydrogens is 461 g/mol. The second kappa shape index (κ2) is 10.7. The van der Waals surface area contributed by atoms with Gasteiger partial charge in [0.2, 0.25) is 0 Å². The van der Waals surface area contributed by atoms with Crippen LogP contribution in [0.5, 0.6) is 34.5 Å². The molecule has 0 aliphatic heterocycles. The zero-order valence-corrected chi connectivity index (χ0v) is 17.9. The molecule has 0 aromatic heterocycles. The Morgan fingerprint density at radius 3 is 1.27 bits per heavy atom. The topological polar surface area (TPSA) is 55.4 Å². The first-order valence-corrected chi connectivity index (χ1v) is 9.50. The standard InChI is InChI=1S/C20H20BF6O6/c1-11(2)28-15-7-5-13(9-17(15)30-19(22,23)24)32-21-33-14-6-8-16(29-12(3)4)18(10-14)31-20(25,26)27/h5-12H,1-4H3. The molecule has 0 atom stereocenters. The van der Waals surface area contributed by atoms with E-state index in [-0.39, 0.29) is 23.0 Å². The van der Waals surface area contributed by atoms with E-state index in [1.54, 1.807) is 27.7 Å². The van der Waals surface area contributed by atoms with Gasteiger partial charge in [0.25, 0.3) is 0 Å². The third-order valence-corrected chi connectivity index (χ3v) is 3.38. The molecule has 181 valence electrons. The van der Waals surface area contributed by atoms with Gasteiger partial charge in [-0.25, -0.2) is 0 Å². The fourth-order valence-corrected chi connectivity index (χ4v) is 2.37. The predicted molar refractivity (Wildman–Crippen MR) is 105 cm³/mol. The highest BCUT2D eigenvalue weighted by atomic mass is 19.4. The van der Waals surface area contributed by atoms with Gasteiger partial charge in [-0.15, -0.1) is 26.3 Å². The van der Waals surface area contributed by atoms with Crippen LogP contribution in [0.4, 0.5) is 26.3 Å². The number of ether oxygens (including phenoxy) is 4. The molecular formula is C20H20BF6O6. The van der Waals surface area contributed by atoms with Crippen LogP contribution < -0.4 is 28.3 Å². The van der Waals surface area contributed by atoms with Crippen LogP contribution in [0.2, 0.25) is 0 Å². The summed E-state index contributed by atoms with van der Waals surface area (Å²) in [7, 11) is 0.714. The van der Waals surface area contributed by atoms with Gasteiger partial charge in [0, 0.05) is 12.1 Å². The van der Waals surface area contributed by atoms with E-state index in [1.807, 2.05) is 0 Å². The normalized spacial score (nSPS) is 11.9. The summed E-state index contributed by atoms with van der Waals surface area (Å²) in [5, 5.41) is 0. The predicted octanol–water partition coefficient (Wildman–Crippen LogP) is 6.05. The summed E-state index contributed by atoms with van der Waals surface area (Å²) in [6, 6.07) is 6.83. The van der Waals surface area contributed by atoms with Gasteiger partial charge in [-0.2, -0.15) is 0 Å². The van der Waals surface area contributed by atoms with Crippen LogP contribution >= 0.6 is 0 Å². The lowest BCUT2D eigenvalue weighted by atomic mass is 10.2. The van der Waals surface area contributed by atoms with E-state index in [1.165, 1.54) is 24.3 Å². The van der Waals surface area contributed by atoms with Crippen molar-refractivity contribution in [2.45, 2.75) is 52.6 Å². The Morgan fingerprint density at radius 1 is 0.606 bits per heavy atom. The smallest absolute Gasteiger partial charge is 0.526 e. The Hall–Kier alpha value is -3.12. The van der Waals surface area contributed by atoms with Gasteiger partial charge in [-0.3, -0.25) is 0 Å². The average molecular weight is 481 g/mol. The van der Waals surface area contributed by atoms with E-state index in [9.17, 15) is 26.3 Å². The Kier molecular flexibility index (Phi) is 8.45. The summed E-state index contributed by atoms with van der Waals surface area (Å²) in [6.07, 6.45) is -10.8. The van der Waals surface area contributed by atoms with Crippen molar-refractivity contribution in [2.75, 3.05) is 0 Å². The maximum Gasteiger partial charge on any atom is 0.658 e. The van der Waals surface area contributed by atoms with E-state index >= 15 is 0 Å². The second-order valence-corrected chi connectivity index (χ2v) is 6.98. The van der Waals surface area contributed by atoms with Gasteiger partial charge in [-0.05, 0) is 52.0 Å². The Balaban J connectivity index is 2.12. The highest BCUT2D eigenvalue weighted by molar-refractivity contribution is 6.20. The minimum Gasteiger partial charge on any atom is -0.526 e. The van der Waals surface area contributed by atoms with Crippen molar-refractivity contribution >= 4 is 7.69 Å². The summed E-state index contributed by atoms with van der Waals surface area (Å²) in [6.45, 7) is 6.49. The molecule has 2 aromatic carbocycles. The summed E-state index contributed by atoms with van der Waals surface area (Å²) < 4.78 is 105. The fraction of sp³-hybridized carbons (Fsp3) is 0.400. The van der Waals surface area contributed by atoms with Crippen molar-refractivity contribution < 1.29 is 54.6 Å². The van der Waals surface area contributed by atoms with E-state index in [4.69, 9.17) is 18.8 Å². The molecule has 0 bridgehead atoms. The van der Waals surface area contributed by atoms with Crippen molar-refractivity contribution in [1.29, 1.82) is 0 Å². The molecule has 13 heteroatoms. The lowest BCUT2D eigenvalue weighted by molar-refractivity contribution is -0.276. The minimum atomic E-state index is -4.97. The van der Waals surface area contributed by atoms with Crippen LogP contribution in [0.1, 0.15) is 27.7 Å². The van der Waals surface area contributed by atoms with E-state index in [0.717, 1.165) is 12.1 Å². The minimum absolute atomic E-state index is 0.114. The molecule has 0 heterocycles. The van der Waals surface area contributed by atoms with Crippen molar-refractivity contribution in [1.82, 2.24) is 0 Å². The summed E-state index contributed by atoms with van der Waals surface area (Å²) in [4.78, 5) is 0. The lowest BCUT2D eigenvalue weighted by Gasteiger charge is -2.18. The van der Waals surface area contributed by atoms with Crippen LogP contribution in [0.15, 0.2) is 36.4 Å². The molecule has 0 aliphatic carbocycles. The van der Waals surface area contributed by atoms with Gasteiger partial charge in [-0.1, -0.05) is 0 Å². The maximum absolute atomic E-state index is 12.7. The fourth-order valence-electron chi connectivity index (χ4n) is 2.37. The molecule has 0 N–H and O–H groups in total. The number of hydrogen-bond acceptors (Lipinski definition) is 6. The molecule has 2 rings (SSSR count). The van der Waals surface area contributed by atoms with Gasteiger partial charge >= 0.3 is 20.4 Å². The molecule has 33 heavy (non-hydrogen) atoms. The quantitative estimate of drug-likeness (QED) is 0.304. The van der Waals surface area contributed by atoms with Crippen molar-refractivity contribution in [3.63, 3.8) is 0 Å². The van der Waals surface area contributed by atoms with Crippen molar-refractivity contribution in [2.24, 2.45) is 0 Å². The number of hydrogen-bond donors (Lipinski definition) is 0. The third kappa shape index (κ3) is 9.50. The zero-order valence-electron chi connectivity index (χ0n) is 17.9. The first-order valence-electron chi connectivity index (χ1n) is 9.50. The molecule has 2 aromatic rings. The number of halogens is 6. The largest absolute Gasteiger partial charge is 0.658 e. The van der Waals surface area contributed by atoms with Crippen LogP contribution in [-0.4, -0.2) is 32.6 Å². The molecule has 0 fully saturated rings. The first kappa shape index (κ1) is 26.1. The maximum atomic E-state index is 12.7. The molecule has 0 saturated carbocycles. The van der Waals surface area contributed by atoms with Gasteiger partial charge in [0.15, 0.2) is 23.0 Å². The Bertz CT molecular complexity index is 843. The molecule has 6 nitrogen and oxygen atoms in total. The Morgan fingerprint density at radius 2 is 0.970 bits per heavy atom. The lowest BCUT2D eigenvalue weighted by Crippen LogP contribution is -2.19. The van der Waals surface area contributed by atoms with Crippen LogP contribution in [0.3, 0.4) is 0 Å². The average Bonchev–Trinajstić information content (AvgIpc) is 2.62. The summed E-state index contributed by atoms with van der Waals surface area (Å²) in [5.74, 6) is -1.83. The first-order chi connectivity index (χ1) is 15.2. The zero-order chi connectivity index (χ0) is 24.8. The second-order valence-electron chi connectivity index (χ2n) is 6.98. The van der Waals surface area contributed by atoms with E-state index < -0.39 is 36.4 Å². The monoisotopic (exact) mass is 481 g/mol. The van der Waals surface area contributed by atoms with Crippen molar-refractivity contribution in [3.8, 4) is 34.5 Å². The van der Waals surface area contributed by atoms with Crippen molar-refractivity contribution in [3.05, 3.63) is 36.4 Å². The van der Waals surface area contributed by atoms with Crippen LogP contribution in [0.25, 0.3) is 0 Å². The van der Waals surface area contributed by atoms with E-state index in [0.29, 0.717) is 7.69 Å². The third-order valence-electron chi connectivity index (χ3n) is 3.38. The number of benzene rings is 2. The Labute approximate surface area is 186 Å². The van der Waals surface area contributed by atoms with Gasteiger partial charge in [0.05, 0.1) is 12.2 Å². The van der Waals surface area contributed by atoms with Crippen LogP contribution in [-0.2, 0) is 0 Å². The summed E-state index contributed by atoms with van der Waals surface area (Å²) in [5.41, 5.74) is 0. The molecule has 0 aliphatic rings.